The fourth-order valence-corrected chi connectivity index (χ4v) is 1.92. The lowest BCUT2D eigenvalue weighted by atomic mass is 10.2. The van der Waals surface area contributed by atoms with Gasteiger partial charge >= 0.3 is 0 Å². The summed E-state index contributed by atoms with van der Waals surface area (Å²) in [6.07, 6.45) is 0.202. The molecule has 0 saturated carbocycles. The Morgan fingerprint density at radius 2 is 2.10 bits per heavy atom. The van der Waals surface area contributed by atoms with E-state index in [1.54, 1.807) is 24.3 Å². The quantitative estimate of drug-likeness (QED) is 0.863. The maximum absolute atomic E-state index is 12.7. The van der Waals surface area contributed by atoms with Crippen molar-refractivity contribution in [3.8, 4) is 0 Å². The molecule has 1 amide bonds. The number of amides is 1. The number of pyridine rings is 1. The average molecular weight is 297 g/mol. The van der Waals surface area contributed by atoms with Gasteiger partial charge in [-0.2, -0.15) is 0 Å². The van der Waals surface area contributed by atoms with Crippen LogP contribution in [0.4, 0.5) is 14.5 Å². The van der Waals surface area contributed by atoms with Crippen molar-refractivity contribution in [2.24, 2.45) is 0 Å². The molecule has 0 unspecified atom stereocenters. The molecule has 2 aromatic rings. The van der Waals surface area contributed by atoms with Crippen LogP contribution in [-0.4, -0.2) is 23.9 Å². The maximum atomic E-state index is 12.7. The molecule has 0 radical (unpaired) electrons. The van der Waals surface area contributed by atoms with Gasteiger partial charge in [0, 0.05) is 23.1 Å². The molecule has 0 bridgehead atoms. The highest BCUT2D eigenvalue weighted by Crippen LogP contribution is 2.22. The second-order valence-corrected chi connectivity index (χ2v) is 4.46. The van der Waals surface area contributed by atoms with E-state index in [2.05, 4.69) is 4.98 Å². The predicted molar refractivity (Wildman–Crippen MR) is 73.4 cm³/mol. The minimum Gasteiger partial charge on any atom is -0.303 e. The summed E-state index contributed by atoms with van der Waals surface area (Å²) in [5.41, 5.74) is 0.569. The molecule has 1 heterocycles. The Hall–Kier alpha value is -2.01. The summed E-state index contributed by atoms with van der Waals surface area (Å²) in [5, 5.41) is 0.376. The molecule has 0 saturated heterocycles. The van der Waals surface area contributed by atoms with Crippen LogP contribution in [0.15, 0.2) is 48.8 Å². The average Bonchev–Trinajstić information content (AvgIpc) is 2.45. The lowest BCUT2D eigenvalue weighted by Gasteiger charge is -2.22. The van der Waals surface area contributed by atoms with Gasteiger partial charge in [0.15, 0.2) is 0 Å². The normalized spacial score (nSPS) is 10.6. The molecule has 1 aromatic carbocycles. The molecule has 3 nitrogen and oxygen atoms in total. The fraction of sp³-hybridized carbons (Fsp3) is 0.143. The van der Waals surface area contributed by atoms with E-state index in [4.69, 9.17) is 11.6 Å². The molecule has 0 aliphatic rings. The summed E-state index contributed by atoms with van der Waals surface area (Å²) in [4.78, 5) is 17.1. The Labute approximate surface area is 119 Å². The zero-order chi connectivity index (χ0) is 14.5. The summed E-state index contributed by atoms with van der Waals surface area (Å²) >= 11 is 5.84. The number of rotatable bonds is 4. The lowest BCUT2D eigenvalue weighted by molar-refractivity contribution is 0.0945. The van der Waals surface area contributed by atoms with Crippen LogP contribution in [0.25, 0.3) is 0 Å². The number of halogens is 3. The van der Waals surface area contributed by atoms with E-state index < -0.39 is 18.9 Å². The third kappa shape index (κ3) is 3.51. The molecule has 6 heteroatoms. The first-order valence-electron chi connectivity index (χ1n) is 5.83. The van der Waals surface area contributed by atoms with Crippen molar-refractivity contribution in [3.05, 3.63) is 59.4 Å². The number of carbonyl (C=O) groups is 1. The van der Waals surface area contributed by atoms with Gasteiger partial charge in [-0.15, -0.1) is 0 Å². The van der Waals surface area contributed by atoms with Crippen LogP contribution in [-0.2, 0) is 0 Å². The van der Waals surface area contributed by atoms with Gasteiger partial charge in [-0.25, -0.2) is 8.78 Å². The van der Waals surface area contributed by atoms with Crippen molar-refractivity contribution in [1.29, 1.82) is 0 Å². The Morgan fingerprint density at radius 3 is 2.70 bits per heavy atom. The number of benzene rings is 1. The third-order valence-corrected chi connectivity index (χ3v) is 2.83. The highest BCUT2D eigenvalue weighted by molar-refractivity contribution is 6.31. The van der Waals surface area contributed by atoms with Gasteiger partial charge in [0.1, 0.15) is 0 Å². The molecule has 0 N–H and O–H groups in total. The van der Waals surface area contributed by atoms with E-state index in [1.165, 1.54) is 24.5 Å². The summed E-state index contributed by atoms with van der Waals surface area (Å²) < 4.78 is 25.4. The molecule has 0 spiro atoms. The molecule has 104 valence electrons. The van der Waals surface area contributed by atoms with Crippen molar-refractivity contribution >= 4 is 23.2 Å². The number of anilines is 1. The largest absolute Gasteiger partial charge is 0.303 e. The molecule has 0 fully saturated rings. The van der Waals surface area contributed by atoms with E-state index >= 15 is 0 Å². The first-order chi connectivity index (χ1) is 9.58. The number of aromatic nitrogens is 1. The van der Waals surface area contributed by atoms with E-state index in [0.29, 0.717) is 10.7 Å². The molecule has 20 heavy (non-hydrogen) atoms. The summed E-state index contributed by atoms with van der Waals surface area (Å²) in [6, 6.07) is 9.34. The standard InChI is InChI=1S/C14H11ClF2N2O/c15-11-4-1-5-12(7-11)19(9-13(16)17)14(20)10-3-2-6-18-8-10/h1-8,13H,9H2. The van der Waals surface area contributed by atoms with E-state index in [9.17, 15) is 13.6 Å². The van der Waals surface area contributed by atoms with Crippen molar-refractivity contribution in [2.45, 2.75) is 6.43 Å². The molecular formula is C14H11ClF2N2O. The molecular weight excluding hydrogens is 286 g/mol. The highest BCUT2D eigenvalue weighted by Gasteiger charge is 2.21. The van der Waals surface area contributed by atoms with Gasteiger partial charge in [-0.05, 0) is 30.3 Å². The zero-order valence-electron chi connectivity index (χ0n) is 10.3. The van der Waals surface area contributed by atoms with Crippen molar-refractivity contribution in [2.75, 3.05) is 11.4 Å². The van der Waals surface area contributed by atoms with Crippen LogP contribution in [0.3, 0.4) is 0 Å². The zero-order valence-corrected chi connectivity index (χ0v) is 11.1. The summed E-state index contributed by atoms with van der Waals surface area (Å²) in [6.45, 7) is -0.700. The molecule has 0 atom stereocenters. The van der Waals surface area contributed by atoms with Crippen molar-refractivity contribution in [3.63, 3.8) is 0 Å². The molecule has 2 rings (SSSR count). The van der Waals surface area contributed by atoms with E-state index in [0.717, 1.165) is 4.90 Å². The Morgan fingerprint density at radius 1 is 1.30 bits per heavy atom. The number of hydrogen-bond donors (Lipinski definition) is 0. The minimum atomic E-state index is -2.64. The smallest absolute Gasteiger partial charge is 0.260 e. The Balaban J connectivity index is 2.35. The maximum Gasteiger partial charge on any atom is 0.260 e. The molecule has 1 aromatic heterocycles. The van der Waals surface area contributed by atoms with Gasteiger partial charge in [0.2, 0.25) is 0 Å². The number of alkyl halides is 2. The number of nitrogens with zero attached hydrogens (tertiary/aromatic N) is 2. The van der Waals surface area contributed by atoms with Crippen LogP contribution in [0.5, 0.6) is 0 Å². The predicted octanol–water partition coefficient (Wildman–Crippen LogP) is 3.65. The fourth-order valence-electron chi connectivity index (χ4n) is 1.73. The first kappa shape index (κ1) is 14.4. The first-order valence-corrected chi connectivity index (χ1v) is 6.21. The number of hydrogen-bond acceptors (Lipinski definition) is 2. The van der Waals surface area contributed by atoms with Gasteiger partial charge in [0.05, 0.1) is 12.1 Å². The van der Waals surface area contributed by atoms with Crippen LogP contribution < -0.4 is 4.90 Å². The van der Waals surface area contributed by atoms with Gasteiger partial charge in [0.25, 0.3) is 12.3 Å². The molecule has 0 aliphatic heterocycles. The van der Waals surface area contributed by atoms with E-state index in [1.807, 2.05) is 0 Å². The van der Waals surface area contributed by atoms with Crippen LogP contribution in [0, 0.1) is 0 Å². The van der Waals surface area contributed by atoms with Gasteiger partial charge in [-0.1, -0.05) is 17.7 Å². The van der Waals surface area contributed by atoms with Crippen LogP contribution in [0.2, 0.25) is 5.02 Å². The van der Waals surface area contributed by atoms with Crippen molar-refractivity contribution in [1.82, 2.24) is 4.98 Å². The lowest BCUT2D eigenvalue weighted by Crippen LogP contribution is -2.35. The SMILES string of the molecule is O=C(c1cccnc1)N(CC(F)F)c1cccc(Cl)c1. The second kappa shape index (κ2) is 6.43. The topological polar surface area (TPSA) is 33.2 Å². The minimum absolute atomic E-state index is 0.244. The Kier molecular flexibility index (Phi) is 4.63. The Bertz CT molecular complexity index is 593. The summed E-state index contributed by atoms with van der Waals surface area (Å²) in [5.74, 6) is -0.541. The van der Waals surface area contributed by atoms with Gasteiger partial charge in [-0.3, -0.25) is 9.78 Å². The highest BCUT2D eigenvalue weighted by atomic mass is 35.5. The number of carbonyl (C=O) groups excluding carboxylic acids is 1. The van der Waals surface area contributed by atoms with Gasteiger partial charge < -0.3 is 4.90 Å². The summed E-state index contributed by atoms with van der Waals surface area (Å²) in [7, 11) is 0. The monoisotopic (exact) mass is 296 g/mol. The van der Waals surface area contributed by atoms with E-state index in [-0.39, 0.29) is 5.56 Å². The second-order valence-electron chi connectivity index (χ2n) is 4.03. The van der Waals surface area contributed by atoms with Crippen molar-refractivity contribution < 1.29 is 13.6 Å². The van der Waals surface area contributed by atoms with Crippen LogP contribution in [0.1, 0.15) is 10.4 Å². The molecule has 0 aliphatic carbocycles. The third-order valence-electron chi connectivity index (χ3n) is 2.59. The van der Waals surface area contributed by atoms with Crippen LogP contribution >= 0.6 is 11.6 Å².